The molecule has 0 fully saturated rings. The van der Waals surface area contributed by atoms with Crippen LogP contribution in [-0.4, -0.2) is 36.2 Å². The van der Waals surface area contributed by atoms with E-state index in [1.165, 1.54) is 12.8 Å². The Morgan fingerprint density at radius 1 is 1.00 bits per heavy atom. The van der Waals surface area contributed by atoms with Crippen LogP contribution in [0.5, 0.6) is 5.75 Å². The number of likely N-dealkylation sites (N-methyl/N-ethyl adjacent to an activating group) is 1. The van der Waals surface area contributed by atoms with Gasteiger partial charge in [-0.15, -0.1) is 0 Å². The number of hydrogen-bond donors (Lipinski definition) is 1. The summed E-state index contributed by atoms with van der Waals surface area (Å²) < 4.78 is 5.43. The SMILES string of the molecule is CCOc1ccc(C(O)CN(CC)CC(CC)CC)cc1. The normalized spacial score (nSPS) is 12.9. The number of rotatable bonds is 10. The smallest absolute Gasteiger partial charge is 0.119 e. The first-order valence-corrected chi connectivity index (χ1v) is 8.27. The van der Waals surface area contributed by atoms with Gasteiger partial charge in [0.05, 0.1) is 12.7 Å². The molecule has 1 aromatic carbocycles. The first kappa shape index (κ1) is 18.0. The molecule has 120 valence electrons. The average Bonchev–Trinajstić information content (AvgIpc) is 2.52. The van der Waals surface area contributed by atoms with E-state index in [0.29, 0.717) is 13.2 Å². The summed E-state index contributed by atoms with van der Waals surface area (Å²) in [6.45, 7) is 12.0. The zero-order chi connectivity index (χ0) is 15.7. The van der Waals surface area contributed by atoms with Crippen molar-refractivity contribution in [3.8, 4) is 5.75 Å². The number of ether oxygens (including phenoxy) is 1. The third-order valence-electron chi connectivity index (χ3n) is 4.13. The van der Waals surface area contributed by atoms with Gasteiger partial charge in [0.25, 0.3) is 0 Å². The van der Waals surface area contributed by atoms with Crippen LogP contribution in [-0.2, 0) is 0 Å². The van der Waals surface area contributed by atoms with Gasteiger partial charge >= 0.3 is 0 Å². The van der Waals surface area contributed by atoms with Crippen LogP contribution in [0.1, 0.15) is 52.2 Å². The lowest BCUT2D eigenvalue weighted by Crippen LogP contribution is -2.33. The summed E-state index contributed by atoms with van der Waals surface area (Å²) in [6, 6.07) is 7.78. The summed E-state index contributed by atoms with van der Waals surface area (Å²) in [5.41, 5.74) is 0.960. The molecule has 0 aliphatic heterocycles. The highest BCUT2D eigenvalue weighted by Crippen LogP contribution is 2.20. The Bertz CT molecular complexity index is 373. The highest BCUT2D eigenvalue weighted by atomic mass is 16.5. The van der Waals surface area contributed by atoms with Crippen molar-refractivity contribution in [2.24, 2.45) is 5.92 Å². The number of aliphatic hydroxyl groups is 1. The quantitative estimate of drug-likeness (QED) is 0.710. The van der Waals surface area contributed by atoms with Crippen LogP contribution < -0.4 is 4.74 Å². The monoisotopic (exact) mass is 293 g/mol. The summed E-state index contributed by atoms with van der Waals surface area (Å²) in [5.74, 6) is 1.58. The lowest BCUT2D eigenvalue weighted by atomic mass is 10.0. The molecule has 21 heavy (non-hydrogen) atoms. The van der Waals surface area contributed by atoms with Gasteiger partial charge in [-0.3, -0.25) is 0 Å². The molecule has 0 saturated carbocycles. The zero-order valence-corrected chi connectivity index (χ0v) is 14.0. The van der Waals surface area contributed by atoms with Crippen molar-refractivity contribution in [3.05, 3.63) is 29.8 Å². The maximum atomic E-state index is 10.4. The summed E-state index contributed by atoms with van der Waals surface area (Å²) in [6.07, 6.45) is 1.97. The van der Waals surface area contributed by atoms with Crippen molar-refractivity contribution in [2.45, 2.75) is 46.6 Å². The van der Waals surface area contributed by atoms with Crippen LogP contribution in [0.15, 0.2) is 24.3 Å². The molecule has 1 atom stereocenters. The topological polar surface area (TPSA) is 32.7 Å². The molecule has 1 N–H and O–H groups in total. The van der Waals surface area contributed by atoms with E-state index in [4.69, 9.17) is 4.74 Å². The molecule has 1 rings (SSSR count). The molecule has 1 unspecified atom stereocenters. The molecule has 3 nitrogen and oxygen atoms in total. The maximum Gasteiger partial charge on any atom is 0.119 e. The minimum absolute atomic E-state index is 0.435. The van der Waals surface area contributed by atoms with E-state index in [1.54, 1.807) is 0 Å². The molecule has 0 aromatic heterocycles. The van der Waals surface area contributed by atoms with Gasteiger partial charge in [-0.25, -0.2) is 0 Å². The zero-order valence-electron chi connectivity index (χ0n) is 14.0. The van der Waals surface area contributed by atoms with Crippen LogP contribution in [0.25, 0.3) is 0 Å². The van der Waals surface area contributed by atoms with Gasteiger partial charge in [0.2, 0.25) is 0 Å². The van der Waals surface area contributed by atoms with E-state index in [9.17, 15) is 5.11 Å². The third kappa shape index (κ3) is 6.06. The average molecular weight is 293 g/mol. The maximum absolute atomic E-state index is 10.4. The largest absolute Gasteiger partial charge is 0.494 e. The van der Waals surface area contributed by atoms with E-state index in [-0.39, 0.29) is 0 Å². The van der Waals surface area contributed by atoms with Crippen molar-refractivity contribution >= 4 is 0 Å². The van der Waals surface area contributed by atoms with Crippen LogP contribution in [0.4, 0.5) is 0 Å². The van der Waals surface area contributed by atoms with Gasteiger partial charge in [0.15, 0.2) is 0 Å². The number of benzene rings is 1. The Kier molecular flexibility index (Phi) is 8.40. The van der Waals surface area contributed by atoms with Gasteiger partial charge in [-0.1, -0.05) is 45.7 Å². The highest BCUT2D eigenvalue weighted by Gasteiger charge is 2.15. The first-order chi connectivity index (χ1) is 10.1. The van der Waals surface area contributed by atoms with E-state index in [1.807, 2.05) is 31.2 Å². The molecule has 0 radical (unpaired) electrons. The van der Waals surface area contributed by atoms with Gasteiger partial charge in [0, 0.05) is 13.1 Å². The fourth-order valence-corrected chi connectivity index (χ4v) is 2.55. The minimum Gasteiger partial charge on any atom is -0.494 e. The molecule has 3 heteroatoms. The number of aliphatic hydroxyl groups excluding tert-OH is 1. The second-order valence-electron chi connectivity index (χ2n) is 5.55. The van der Waals surface area contributed by atoms with Crippen LogP contribution in [0.2, 0.25) is 0 Å². The summed E-state index contributed by atoms with van der Waals surface area (Å²) in [5, 5.41) is 10.4. The van der Waals surface area contributed by atoms with E-state index < -0.39 is 6.10 Å². The van der Waals surface area contributed by atoms with E-state index in [0.717, 1.165) is 30.3 Å². The van der Waals surface area contributed by atoms with Crippen LogP contribution in [0, 0.1) is 5.92 Å². The Morgan fingerprint density at radius 3 is 2.10 bits per heavy atom. The lowest BCUT2D eigenvalue weighted by Gasteiger charge is -2.27. The Labute approximate surface area is 129 Å². The van der Waals surface area contributed by atoms with Crippen molar-refractivity contribution in [2.75, 3.05) is 26.2 Å². The fourth-order valence-electron chi connectivity index (χ4n) is 2.55. The van der Waals surface area contributed by atoms with Crippen molar-refractivity contribution < 1.29 is 9.84 Å². The lowest BCUT2D eigenvalue weighted by molar-refractivity contribution is 0.105. The molecule has 0 aliphatic carbocycles. The van der Waals surface area contributed by atoms with E-state index in [2.05, 4.69) is 25.7 Å². The van der Waals surface area contributed by atoms with Crippen molar-refractivity contribution in [1.29, 1.82) is 0 Å². The summed E-state index contributed by atoms with van der Waals surface area (Å²) in [4.78, 5) is 2.35. The standard InChI is InChI=1S/C18H31NO2/c1-5-15(6-2)13-19(7-3)14-18(20)16-9-11-17(12-10-16)21-8-4/h9-12,15,18,20H,5-8,13-14H2,1-4H3. The molecule has 0 heterocycles. The Morgan fingerprint density at radius 2 is 1.62 bits per heavy atom. The van der Waals surface area contributed by atoms with Crippen LogP contribution >= 0.6 is 0 Å². The molecule has 0 saturated heterocycles. The van der Waals surface area contributed by atoms with Crippen molar-refractivity contribution in [1.82, 2.24) is 4.90 Å². The van der Waals surface area contributed by atoms with Crippen LogP contribution in [0.3, 0.4) is 0 Å². The Hall–Kier alpha value is -1.06. The molecular formula is C18H31NO2. The van der Waals surface area contributed by atoms with Gasteiger partial charge in [-0.2, -0.15) is 0 Å². The fraction of sp³-hybridized carbons (Fsp3) is 0.667. The summed E-state index contributed by atoms with van der Waals surface area (Å²) in [7, 11) is 0. The minimum atomic E-state index is -0.435. The molecular weight excluding hydrogens is 262 g/mol. The second kappa shape index (κ2) is 9.80. The Balaban J connectivity index is 2.58. The molecule has 0 spiro atoms. The number of hydrogen-bond acceptors (Lipinski definition) is 3. The highest BCUT2D eigenvalue weighted by molar-refractivity contribution is 5.28. The number of nitrogens with zero attached hydrogens (tertiary/aromatic N) is 1. The summed E-state index contributed by atoms with van der Waals surface area (Å²) >= 11 is 0. The van der Waals surface area contributed by atoms with Gasteiger partial charge < -0.3 is 14.7 Å². The van der Waals surface area contributed by atoms with Crippen molar-refractivity contribution in [3.63, 3.8) is 0 Å². The first-order valence-electron chi connectivity index (χ1n) is 8.27. The molecule has 0 amide bonds. The molecule has 1 aromatic rings. The third-order valence-corrected chi connectivity index (χ3v) is 4.13. The molecule has 0 bridgehead atoms. The van der Waals surface area contributed by atoms with Gasteiger partial charge in [-0.05, 0) is 37.1 Å². The molecule has 0 aliphatic rings. The predicted octanol–water partition coefficient (Wildman–Crippen LogP) is 3.88. The van der Waals surface area contributed by atoms with E-state index >= 15 is 0 Å². The van der Waals surface area contributed by atoms with Gasteiger partial charge in [0.1, 0.15) is 5.75 Å². The predicted molar refractivity (Wildman–Crippen MR) is 88.8 cm³/mol. The second-order valence-corrected chi connectivity index (χ2v) is 5.55.